The third-order valence-electron chi connectivity index (χ3n) is 3.58. The van der Waals surface area contributed by atoms with E-state index in [0.717, 1.165) is 31.9 Å². The number of nitrogens with zero attached hydrogens (tertiary/aromatic N) is 2. The van der Waals surface area contributed by atoms with E-state index in [1.54, 1.807) is 12.1 Å². The fourth-order valence-corrected chi connectivity index (χ4v) is 2.32. The SMILES string of the molecule is CC(CN1CCN(c2ccc(F)cc2)CC1)C(N)=O. The molecule has 2 rings (SSSR count). The number of nitrogens with two attached hydrogens (primary N) is 1. The summed E-state index contributed by atoms with van der Waals surface area (Å²) in [5.74, 6) is -0.573. The van der Waals surface area contributed by atoms with Gasteiger partial charge in [0.2, 0.25) is 5.91 Å². The maximum Gasteiger partial charge on any atom is 0.221 e. The smallest absolute Gasteiger partial charge is 0.221 e. The molecule has 104 valence electrons. The maximum absolute atomic E-state index is 12.9. The van der Waals surface area contributed by atoms with Gasteiger partial charge < -0.3 is 10.6 Å². The van der Waals surface area contributed by atoms with Crippen LogP contribution in [-0.2, 0) is 4.79 Å². The molecule has 0 radical (unpaired) electrons. The minimum absolute atomic E-state index is 0.114. The lowest BCUT2D eigenvalue weighted by Crippen LogP contribution is -2.48. The highest BCUT2D eigenvalue weighted by atomic mass is 19.1. The van der Waals surface area contributed by atoms with Crippen molar-refractivity contribution in [3.8, 4) is 0 Å². The molecule has 1 aliphatic heterocycles. The number of carbonyl (C=O) groups is 1. The van der Waals surface area contributed by atoms with Crippen molar-refractivity contribution in [1.29, 1.82) is 0 Å². The standard InChI is InChI=1S/C14H20FN3O/c1-11(14(16)19)10-17-6-8-18(9-7-17)13-4-2-12(15)3-5-13/h2-5,11H,6-10H2,1H3,(H2,16,19). The molecule has 1 unspecified atom stereocenters. The van der Waals surface area contributed by atoms with Crippen molar-refractivity contribution in [1.82, 2.24) is 4.90 Å². The summed E-state index contributed by atoms with van der Waals surface area (Å²) in [5.41, 5.74) is 6.32. The van der Waals surface area contributed by atoms with Crippen LogP contribution in [0.5, 0.6) is 0 Å². The molecule has 1 amide bonds. The lowest BCUT2D eigenvalue weighted by Gasteiger charge is -2.36. The van der Waals surface area contributed by atoms with E-state index in [-0.39, 0.29) is 17.6 Å². The Hall–Kier alpha value is -1.62. The molecule has 5 heteroatoms. The molecule has 19 heavy (non-hydrogen) atoms. The number of primary amides is 1. The molecule has 1 atom stereocenters. The highest BCUT2D eigenvalue weighted by Crippen LogP contribution is 2.17. The van der Waals surface area contributed by atoms with Crippen molar-refractivity contribution in [2.45, 2.75) is 6.92 Å². The topological polar surface area (TPSA) is 49.6 Å². The van der Waals surface area contributed by atoms with Crippen LogP contribution in [0.15, 0.2) is 24.3 Å². The molecule has 1 saturated heterocycles. The zero-order valence-corrected chi connectivity index (χ0v) is 11.2. The first-order chi connectivity index (χ1) is 9.06. The Morgan fingerprint density at radius 3 is 2.37 bits per heavy atom. The Morgan fingerprint density at radius 2 is 1.84 bits per heavy atom. The second-order valence-corrected chi connectivity index (χ2v) is 5.07. The van der Waals surface area contributed by atoms with Gasteiger partial charge in [0.15, 0.2) is 0 Å². The van der Waals surface area contributed by atoms with Gasteiger partial charge in [0.25, 0.3) is 0 Å². The van der Waals surface area contributed by atoms with Crippen LogP contribution in [0, 0.1) is 11.7 Å². The fraction of sp³-hybridized carbons (Fsp3) is 0.500. The summed E-state index contributed by atoms with van der Waals surface area (Å²) in [6.45, 7) is 6.14. The maximum atomic E-state index is 12.9. The van der Waals surface area contributed by atoms with Gasteiger partial charge in [0.05, 0.1) is 0 Å². The van der Waals surface area contributed by atoms with E-state index in [9.17, 15) is 9.18 Å². The zero-order chi connectivity index (χ0) is 13.8. The van der Waals surface area contributed by atoms with Gasteiger partial charge in [-0.25, -0.2) is 4.39 Å². The van der Waals surface area contributed by atoms with E-state index >= 15 is 0 Å². The number of rotatable bonds is 4. The lowest BCUT2D eigenvalue weighted by atomic mass is 10.1. The van der Waals surface area contributed by atoms with Gasteiger partial charge in [-0.2, -0.15) is 0 Å². The van der Waals surface area contributed by atoms with Crippen LogP contribution in [0.3, 0.4) is 0 Å². The number of hydrogen-bond acceptors (Lipinski definition) is 3. The van der Waals surface area contributed by atoms with Crippen molar-refractivity contribution in [2.24, 2.45) is 11.7 Å². The van der Waals surface area contributed by atoms with Crippen molar-refractivity contribution in [3.63, 3.8) is 0 Å². The van der Waals surface area contributed by atoms with Crippen molar-refractivity contribution >= 4 is 11.6 Å². The number of piperazine rings is 1. The quantitative estimate of drug-likeness (QED) is 0.886. The Balaban J connectivity index is 1.85. The summed E-state index contributed by atoms with van der Waals surface area (Å²) in [6, 6.07) is 6.57. The largest absolute Gasteiger partial charge is 0.369 e. The average Bonchev–Trinajstić information content (AvgIpc) is 2.40. The van der Waals surface area contributed by atoms with Gasteiger partial charge >= 0.3 is 0 Å². The molecular weight excluding hydrogens is 245 g/mol. The summed E-state index contributed by atoms with van der Waals surface area (Å²) in [4.78, 5) is 15.5. The Bertz CT molecular complexity index is 427. The summed E-state index contributed by atoms with van der Waals surface area (Å²) >= 11 is 0. The van der Waals surface area contributed by atoms with Gasteiger partial charge in [-0.3, -0.25) is 9.69 Å². The van der Waals surface area contributed by atoms with E-state index < -0.39 is 0 Å². The van der Waals surface area contributed by atoms with Crippen molar-refractivity contribution in [3.05, 3.63) is 30.1 Å². The second-order valence-electron chi connectivity index (χ2n) is 5.07. The number of hydrogen-bond donors (Lipinski definition) is 1. The fourth-order valence-electron chi connectivity index (χ4n) is 2.32. The van der Waals surface area contributed by atoms with Crippen LogP contribution < -0.4 is 10.6 Å². The minimum Gasteiger partial charge on any atom is -0.369 e. The molecule has 0 aromatic heterocycles. The van der Waals surface area contributed by atoms with Gasteiger partial charge in [-0.05, 0) is 24.3 Å². The molecule has 4 nitrogen and oxygen atoms in total. The molecule has 0 saturated carbocycles. The molecule has 1 aromatic carbocycles. The normalized spacial score (nSPS) is 18.3. The summed E-state index contributed by atoms with van der Waals surface area (Å²) < 4.78 is 12.9. The second kappa shape index (κ2) is 6.02. The first-order valence-corrected chi connectivity index (χ1v) is 6.58. The van der Waals surface area contributed by atoms with E-state index in [2.05, 4.69) is 9.80 Å². The predicted octanol–water partition coefficient (Wildman–Crippen LogP) is 1.07. The first-order valence-electron chi connectivity index (χ1n) is 6.58. The van der Waals surface area contributed by atoms with Crippen molar-refractivity contribution < 1.29 is 9.18 Å². The third kappa shape index (κ3) is 3.67. The summed E-state index contributed by atoms with van der Waals surface area (Å²) in [5, 5.41) is 0. The highest BCUT2D eigenvalue weighted by molar-refractivity contribution is 5.76. The van der Waals surface area contributed by atoms with E-state index in [4.69, 9.17) is 5.73 Å². The summed E-state index contributed by atoms with van der Waals surface area (Å²) in [6.07, 6.45) is 0. The first kappa shape index (κ1) is 13.8. The number of halogens is 1. The summed E-state index contributed by atoms with van der Waals surface area (Å²) in [7, 11) is 0. The average molecular weight is 265 g/mol. The molecule has 1 aromatic rings. The van der Waals surface area contributed by atoms with Crippen LogP contribution in [0.4, 0.5) is 10.1 Å². The van der Waals surface area contributed by atoms with Crippen LogP contribution in [0.25, 0.3) is 0 Å². The molecule has 1 heterocycles. The van der Waals surface area contributed by atoms with Gasteiger partial charge in [-0.1, -0.05) is 6.92 Å². The number of amides is 1. The monoisotopic (exact) mass is 265 g/mol. The van der Waals surface area contributed by atoms with Crippen LogP contribution in [-0.4, -0.2) is 43.5 Å². The Morgan fingerprint density at radius 1 is 1.26 bits per heavy atom. The van der Waals surface area contributed by atoms with Crippen molar-refractivity contribution in [2.75, 3.05) is 37.6 Å². The number of anilines is 1. The molecule has 0 spiro atoms. The van der Waals surface area contributed by atoms with E-state index in [1.807, 2.05) is 6.92 Å². The Kier molecular flexibility index (Phi) is 4.37. The van der Waals surface area contributed by atoms with E-state index in [0.29, 0.717) is 6.54 Å². The number of benzene rings is 1. The third-order valence-corrected chi connectivity index (χ3v) is 3.58. The zero-order valence-electron chi connectivity index (χ0n) is 11.2. The number of carbonyl (C=O) groups excluding carboxylic acids is 1. The van der Waals surface area contributed by atoms with Gasteiger partial charge in [0, 0.05) is 44.3 Å². The van der Waals surface area contributed by atoms with Crippen LogP contribution >= 0.6 is 0 Å². The highest BCUT2D eigenvalue weighted by Gasteiger charge is 2.20. The van der Waals surface area contributed by atoms with E-state index in [1.165, 1.54) is 12.1 Å². The molecule has 1 fully saturated rings. The van der Waals surface area contributed by atoms with Gasteiger partial charge in [0.1, 0.15) is 5.82 Å². The van der Waals surface area contributed by atoms with Crippen LogP contribution in [0.1, 0.15) is 6.92 Å². The lowest BCUT2D eigenvalue weighted by molar-refractivity contribution is -0.121. The minimum atomic E-state index is -0.249. The van der Waals surface area contributed by atoms with Crippen LogP contribution in [0.2, 0.25) is 0 Å². The molecule has 1 aliphatic rings. The predicted molar refractivity (Wildman–Crippen MR) is 73.4 cm³/mol. The molecular formula is C14H20FN3O. The molecule has 2 N–H and O–H groups in total. The Labute approximate surface area is 113 Å². The molecule has 0 bridgehead atoms. The van der Waals surface area contributed by atoms with Gasteiger partial charge in [-0.15, -0.1) is 0 Å². The molecule has 0 aliphatic carbocycles.